The fourth-order valence-corrected chi connectivity index (χ4v) is 1.64. The van der Waals surface area contributed by atoms with E-state index in [1.165, 1.54) is 6.42 Å². The molecular formula is C15H28N2O4. The summed E-state index contributed by atoms with van der Waals surface area (Å²) in [4.78, 5) is 0. The molecule has 1 heterocycles. The van der Waals surface area contributed by atoms with E-state index in [4.69, 9.17) is 18.7 Å². The highest BCUT2D eigenvalue weighted by Crippen LogP contribution is 2.00. The van der Waals surface area contributed by atoms with Crippen molar-refractivity contribution >= 4 is 0 Å². The van der Waals surface area contributed by atoms with E-state index < -0.39 is 0 Å². The van der Waals surface area contributed by atoms with Gasteiger partial charge in [-0.3, -0.25) is 0 Å². The van der Waals surface area contributed by atoms with E-state index >= 15 is 0 Å². The van der Waals surface area contributed by atoms with Crippen LogP contribution in [0.2, 0.25) is 0 Å². The minimum atomic E-state index is 0.609. The fraction of sp³-hybridized carbons (Fsp3) is 0.800. The monoisotopic (exact) mass is 300 g/mol. The molecule has 1 N–H and O–H groups in total. The first-order chi connectivity index (χ1) is 10.3. The Kier molecular flexibility index (Phi) is 11.0. The van der Waals surface area contributed by atoms with Gasteiger partial charge in [-0.1, -0.05) is 18.5 Å². The lowest BCUT2D eigenvalue weighted by molar-refractivity contribution is 0.0146. The molecule has 0 spiro atoms. The summed E-state index contributed by atoms with van der Waals surface area (Å²) in [5.41, 5.74) is 0.902. The van der Waals surface area contributed by atoms with Crippen LogP contribution >= 0.6 is 0 Å². The minimum absolute atomic E-state index is 0.609. The topological polar surface area (TPSA) is 65.8 Å². The molecule has 0 aliphatic heterocycles. The Morgan fingerprint density at radius 2 is 1.71 bits per heavy atom. The third kappa shape index (κ3) is 10.4. The Labute approximate surface area is 127 Å². The number of aryl methyl sites for hydroxylation is 1. The van der Waals surface area contributed by atoms with Crippen LogP contribution in [0.1, 0.15) is 31.2 Å². The third-order valence-electron chi connectivity index (χ3n) is 2.79. The molecule has 0 saturated heterocycles. The van der Waals surface area contributed by atoms with E-state index in [1.807, 2.05) is 13.0 Å². The normalized spacial score (nSPS) is 11.1. The molecule has 0 atom stereocenters. The zero-order chi connectivity index (χ0) is 15.2. The predicted octanol–water partition coefficient (Wildman–Crippen LogP) is 1.92. The first kappa shape index (κ1) is 18.1. The van der Waals surface area contributed by atoms with Crippen molar-refractivity contribution in [1.82, 2.24) is 10.5 Å². The van der Waals surface area contributed by atoms with Crippen molar-refractivity contribution in [1.29, 1.82) is 0 Å². The molecule has 1 aromatic rings. The maximum absolute atomic E-state index is 5.45. The van der Waals surface area contributed by atoms with Gasteiger partial charge in [-0.25, -0.2) is 0 Å². The quantitative estimate of drug-likeness (QED) is 0.530. The van der Waals surface area contributed by atoms with Crippen LogP contribution < -0.4 is 5.32 Å². The maximum Gasteiger partial charge on any atom is 0.150 e. The van der Waals surface area contributed by atoms with E-state index in [0.717, 1.165) is 31.0 Å². The molecule has 0 fully saturated rings. The van der Waals surface area contributed by atoms with Gasteiger partial charge in [0.15, 0.2) is 5.76 Å². The molecule has 0 saturated carbocycles. The van der Waals surface area contributed by atoms with Crippen LogP contribution in [0.3, 0.4) is 0 Å². The maximum atomic E-state index is 5.45. The Hall–Kier alpha value is -0.950. The molecule has 6 nitrogen and oxygen atoms in total. The van der Waals surface area contributed by atoms with Gasteiger partial charge in [0.2, 0.25) is 0 Å². The van der Waals surface area contributed by atoms with Gasteiger partial charge in [0.05, 0.1) is 45.3 Å². The lowest BCUT2D eigenvalue weighted by Gasteiger charge is -2.07. The van der Waals surface area contributed by atoms with Crippen molar-refractivity contribution in [3.63, 3.8) is 0 Å². The third-order valence-corrected chi connectivity index (χ3v) is 2.79. The van der Waals surface area contributed by atoms with Crippen LogP contribution in [0.15, 0.2) is 10.6 Å². The van der Waals surface area contributed by atoms with Gasteiger partial charge in [-0.2, -0.15) is 0 Å². The van der Waals surface area contributed by atoms with Crippen LogP contribution in [0, 0.1) is 6.92 Å². The zero-order valence-electron chi connectivity index (χ0n) is 13.2. The van der Waals surface area contributed by atoms with Crippen LogP contribution in [-0.4, -0.2) is 51.3 Å². The molecule has 0 aromatic carbocycles. The summed E-state index contributed by atoms with van der Waals surface area (Å²) in [5, 5.41) is 7.05. The number of rotatable bonds is 14. The van der Waals surface area contributed by atoms with Crippen molar-refractivity contribution in [2.75, 3.05) is 46.2 Å². The summed E-state index contributed by atoms with van der Waals surface area (Å²) >= 11 is 0. The molecule has 21 heavy (non-hydrogen) atoms. The molecular weight excluding hydrogens is 272 g/mol. The van der Waals surface area contributed by atoms with Gasteiger partial charge in [0, 0.05) is 19.2 Å². The summed E-state index contributed by atoms with van der Waals surface area (Å²) in [7, 11) is 0. The van der Waals surface area contributed by atoms with Crippen LogP contribution in [0.25, 0.3) is 0 Å². The molecule has 0 aliphatic rings. The summed E-state index contributed by atoms with van der Waals surface area (Å²) in [6.45, 7) is 9.51. The second kappa shape index (κ2) is 12.8. The number of unbranched alkanes of at least 4 members (excludes halogenated alkanes) is 1. The Bertz CT molecular complexity index is 344. The lowest BCUT2D eigenvalue weighted by Crippen LogP contribution is -2.20. The van der Waals surface area contributed by atoms with E-state index in [1.54, 1.807) is 0 Å². The van der Waals surface area contributed by atoms with Gasteiger partial charge < -0.3 is 24.1 Å². The minimum Gasteiger partial charge on any atom is -0.379 e. The summed E-state index contributed by atoms with van der Waals surface area (Å²) in [5.74, 6) is 0.846. The van der Waals surface area contributed by atoms with Gasteiger partial charge in [0.25, 0.3) is 0 Å². The molecule has 0 aliphatic carbocycles. The molecule has 1 rings (SSSR count). The first-order valence-corrected chi connectivity index (χ1v) is 7.69. The zero-order valence-corrected chi connectivity index (χ0v) is 13.2. The van der Waals surface area contributed by atoms with Crippen molar-refractivity contribution in [2.45, 2.75) is 33.2 Å². The van der Waals surface area contributed by atoms with Crippen molar-refractivity contribution in [3.8, 4) is 0 Å². The first-order valence-electron chi connectivity index (χ1n) is 7.69. The van der Waals surface area contributed by atoms with Crippen molar-refractivity contribution in [3.05, 3.63) is 17.5 Å². The highest BCUT2D eigenvalue weighted by atomic mass is 16.5. The Balaban J connectivity index is 1.74. The molecule has 0 unspecified atom stereocenters. The molecule has 6 heteroatoms. The lowest BCUT2D eigenvalue weighted by atomic mass is 10.4. The second-order valence-electron chi connectivity index (χ2n) is 4.80. The van der Waals surface area contributed by atoms with Crippen LogP contribution in [0.4, 0.5) is 0 Å². The molecule has 0 bridgehead atoms. The largest absolute Gasteiger partial charge is 0.379 e. The molecule has 122 valence electrons. The second-order valence-corrected chi connectivity index (χ2v) is 4.80. The summed E-state index contributed by atoms with van der Waals surface area (Å²) in [6, 6.07) is 1.92. The molecule has 0 amide bonds. The highest BCUT2D eigenvalue weighted by molar-refractivity contribution is 5.02. The smallest absolute Gasteiger partial charge is 0.150 e. The average Bonchev–Trinajstić information content (AvgIpc) is 2.89. The van der Waals surface area contributed by atoms with Gasteiger partial charge in [-0.15, -0.1) is 0 Å². The van der Waals surface area contributed by atoms with Gasteiger partial charge in [-0.05, 0) is 13.3 Å². The van der Waals surface area contributed by atoms with E-state index in [0.29, 0.717) is 39.6 Å². The molecule has 0 radical (unpaired) electrons. The Morgan fingerprint density at radius 1 is 1.05 bits per heavy atom. The standard InChI is InChI=1S/C15H28N2O4/c1-3-4-6-18-8-10-20-11-9-19-7-5-16-13-15-12-14(2)17-21-15/h12,16H,3-11,13H2,1-2H3. The number of ether oxygens (including phenoxy) is 3. The summed E-state index contributed by atoms with van der Waals surface area (Å²) < 4.78 is 21.3. The SMILES string of the molecule is CCCCOCCOCCOCCNCc1cc(C)no1. The fourth-order valence-electron chi connectivity index (χ4n) is 1.64. The number of hydrogen-bond acceptors (Lipinski definition) is 6. The predicted molar refractivity (Wildman–Crippen MR) is 80.3 cm³/mol. The highest BCUT2D eigenvalue weighted by Gasteiger charge is 1.99. The summed E-state index contributed by atoms with van der Waals surface area (Å²) in [6.07, 6.45) is 2.28. The Morgan fingerprint density at radius 3 is 2.33 bits per heavy atom. The average molecular weight is 300 g/mol. The number of hydrogen-bond donors (Lipinski definition) is 1. The number of nitrogens with one attached hydrogen (secondary N) is 1. The van der Waals surface area contributed by atoms with Crippen LogP contribution in [0.5, 0.6) is 0 Å². The van der Waals surface area contributed by atoms with E-state index in [2.05, 4.69) is 17.4 Å². The van der Waals surface area contributed by atoms with Crippen molar-refractivity contribution in [2.24, 2.45) is 0 Å². The number of nitrogens with zero attached hydrogens (tertiary/aromatic N) is 1. The number of aromatic nitrogens is 1. The van der Waals surface area contributed by atoms with E-state index in [9.17, 15) is 0 Å². The molecule has 1 aromatic heterocycles. The van der Waals surface area contributed by atoms with Gasteiger partial charge in [0.1, 0.15) is 0 Å². The van der Waals surface area contributed by atoms with Gasteiger partial charge >= 0.3 is 0 Å². The van der Waals surface area contributed by atoms with E-state index in [-0.39, 0.29) is 0 Å². The van der Waals surface area contributed by atoms with Crippen molar-refractivity contribution < 1.29 is 18.7 Å². The van der Waals surface area contributed by atoms with Crippen LogP contribution in [-0.2, 0) is 20.8 Å².